The number of carbonyl (C=O) groups excluding carboxylic acids is 1. The average molecular weight is 380 g/mol. The zero-order chi connectivity index (χ0) is 19.9. The van der Waals surface area contributed by atoms with Gasteiger partial charge in [0, 0.05) is 24.5 Å². The maximum absolute atomic E-state index is 12.7. The van der Waals surface area contributed by atoms with E-state index < -0.39 is 0 Å². The number of nitrogens with one attached hydrogen (secondary N) is 1. The maximum atomic E-state index is 12.7. The molecule has 7 heteroatoms. The molecule has 0 aliphatic carbocycles. The molecule has 0 saturated heterocycles. The van der Waals surface area contributed by atoms with E-state index in [9.17, 15) is 9.59 Å². The fourth-order valence-electron chi connectivity index (χ4n) is 2.81. The molecule has 0 aliphatic rings. The van der Waals surface area contributed by atoms with Gasteiger partial charge in [0.25, 0.3) is 5.56 Å². The second-order valence-electron chi connectivity index (χ2n) is 6.38. The number of hydrogen-bond donors (Lipinski definition) is 1. The van der Waals surface area contributed by atoms with Gasteiger partial charge in [-0.2, -0.15) is 5.10 Å². The number of para-hydroxylation sites is 1. The standard InChI is InChI=1S/C21H24N4O3/c1-3-5-13-28-19-9-7-6-8-16(19)17-14-18-21(27)24(11-12-25(18)23-17)15-20(26)22-10-4-2/h4,6-9,11-12,14H,2-3,5,10,13,15H2,1H3,(H,22,26). The van der Waals surface area contributed by atoms with E-state index in [1.807, 2.05) is 24.3 Å². The van der Waals surface area contributed by atoms with E-state index in [2.05, 4.69) is 23.9 Å². The summed E-state index contributed by atoms with van der Waals surface area (Å²) in [6, 6.07) is 9.37. The van der Waals surface area contributed by atoms with Gasteiger partial charge in [0.2, 0.25) is 5.91 Å². The van der Waals surface area contributed by atoms with Crippen LogP contribution in [0.2, 0.25) is 0 Å². The SMILES string of the molecule is C=CCNC(=O)Cn1ccn2nc(-c3ccccc3OCCCC)cc2c1=O. The summed E-state index contributed by atoms with van der Waals surface area (Å²) in [6.07, 6.45) is 6.84. The zero-order valence-electron chi connectivity index (χ0n) is 15.9. The molecule has 0 saturated carbocycles. The van der Waals surface area contributed by atoms with E-state index in [0.717, 1.165) is 24.2 Å². The van der Waals surface area contributed by atoms with Gasteiger partial charge in [-0.25, -0.2) is 4.52 Å². The molecule has 0 bridgehead atoms. The van der Waals surface area contributed by atoms with Gasteiger partial charge in [-0.05, 0) is 24.6 Å². The molecule has 2 heterocycles. The first-order valence-electron chi connectivity index (χ1n) is 9.32. The second-order valence-corrected chi connectivity index (χ2v) is 6.38. The lowest BCUT2D eigenvalue weighted by atomic mass is 10.1. The van der Waals surface area contributed by atoms with E-state index >= 15 is 0 Å². The van der Waals surface area contributed by atoms with Crippen LogP contribution in [0.3, 0.4) is 0 Å². The number of carbonyl (C=O) groups is 1. The Labute approximate surface area is 163 Å². The Morgan fingerprint density at radius 1 is 1.32 bits per heavy atom. The van der Waals surface area contributed by atoms with E-state index in [-0.39, 0.29) is 18.0 Å². The number of nitrogens with zero attached hydrogens (tertiary/aromatic N) is 3. The first-order valence-corrected chi connectivity index (χ1v) is 9.32. The van der Waals surface area contributed by atoms with Gasteiger partial charge < -0.3 is 14.6 Å². The number of hydrogen-bond acceptors (Lipinski definition) is 4. The van der Waals surface area contributed by atoms with Gasteiger partial charge in [0.05, 0.1) is 12.3 Å². The molecular weight excluding hydrogens is 356 g/mol. The van der Waals surface area contributed by atoms with E-state index in [4.69, 9.17) is 4.74 Å². The van der Waals surface area contributed by atoms with Crippen LogP contribution in [-0.4, -0.2) is 33.2 Å². The summed E-state index contributed by atoms with van der Waals surface area (Å²) in [5.74, 6) is 0.490. The monoisotopic (exact) mass is 380 g/mol. The third kappa shape index (κ3) is 4.31. The molecule has 0 fully saturated rings. The van der Waals surface area contributed by atoms with Crippen molar-refractivity contribution in [3.8, 4) is 17.0 Å². The Kier molecular flexibility index (Phi) is 6.26. The number of aromatic nitrogens is 3. The molecular formula is C21H24N4O3. The number of ether oxygens (including phenoxy) is 1. The van der Waals surface area contributed by atoms with Crippen molar-refractivity contribution >= 4 is 11.4 Å². The van der Waals surface area contributed by atoms with Gasteiger partial charge in [-0.1, -0.05) is 31.6 Å². The minimum atomic E-state index is -0.278. The summed E-state index contributed by atoms with van der Waals surface area (Å²) < 4.78 is 8.77. The van der Waals surface area contributed by atoms with Crippen LogP contribution in [-0.2, 0) is 11.3 Å². The number of fused-ring (bicyclic) bond motifs is 1. The van der Waals surface area contributed by atoms with Crippen molar-refractivity contribution in [1.29, 1.82) is 0 Å². The molecule has 0 radical (unpaired) electrons. The van der Waals surface area contributed by atoms with Crippen molar-refractivity contribution in [2.45, 2.75) is 26.3 Å². The van der Waals surface area contributed by atoms with Gasteiger partial charge in [0.15, 0.2) is 0 Å². The molecule has 2 aromatic heterocycles. The van der Waals surface area contributed by atoms with Gasteiger partial charge in [0.1, 0.15) is 17.8 Å². The molecule has 0 spiro atoms. The first kappa shape index (κ1) is 19.4. The second kappa shape index (κ2) is 9.03. The third-order valence-corrected chi connectivity index (χ3v) is 4.28. The van der Waals surface area contributed by atoms with Crippen LogP contribution in [0.25, 0.3) is 16.8 Å². The minimum absolute atomic E-state index is 0.0552. The van der Waals surface area contributed by atoms with Crippen molar-refractivity contribution in [2.75, 3.05) is 13.2 Å². The van der Waals surface area contributed by atoms with Crippen LogP contribution < -0.4 is 15.6 Å². The van der Waals surface area contributed by atoms with Crippen molar-refractivity contribution in [3.05, 3.63) is 65.7 Å². The fourth-order valence-corrected chi connectivity index (χ4v) is 2.81. The molecule has 0 atom stereocenters. The van der Waals surface area contributed by atoms with Crippen molar-refractivity contribution in [3.63, 3.8) is 0 Å². The largest absolute Gasteiger partial charge is 0.493 e. The molecule has 1 aromatic carbocycles. The normalized spacial score (nSPS) is 10.8. The van der Waals surface area contributed by atoms with Gasteiger partial charge in [-0.15, -0.1) is 6.58 Å². The van der Waals surface area contributed by atoms with Crippen molar-refractivity contribution < 1.29 is 9.53 Å². The maximum Gasteiger partial charge on any atom is 0.277 e. The van der Waals surface area contributed by atoms with E-state index in [0.29, 0.717) is 24.4 Å². The Bertz CT molecular complexity index is 1040. The summed E-state index contributed by atoms with van der Waals surface area (Å²) in [7, 11) is 0. The summed E-state index contributed by atoms with van der Waals surface area (Å²) in [5, 5.41) is 7.18. The van der Waals surface area contributed by atoms with Crippen LogP contribution >= 0.6 is 0 Å². The highest BCUT2D eigenvalue weighted by molar-refractivity contribution is 5.76. The lowest BCUT2D eigenvalue weighted by molar-refractivity contribution is -0.121. The third-order valence-electron chi connectivity index (χ3n) is 4.28. The summed E-state index contributed by atoms with van der Waals surface area (Å²) in [6.45, 7) is 6.61. The Hall–Kier alpha value is -3.35. The summed E-state index contributed by atoms with van der Waals surface area (Å²) in [4.78, 5) is 24.6. The average Bonchev–Trinajstić information content (AvgIpc) is 3.14. The lowest BCUT2D eigenvalue weighted by Gasteiger charge is -2.09. The highest BCUT2D eigenvalue weighted by atomic mass is 16.5. The van der Waals surface area contributed by atoms with Crippen LogP contribution in [0.4, 0.5) is 0 Å². The topological polar surface area (TPSA) is 77.6 Å². The summed E-state index contributed by atoms with van der Waals surface area (Å²) in [5.41, 5.74) is 1.60. The first-order chi connectivity index (χ1) is 13.6. The van der Waals surface area contributed by atoms with Gasteiger partial charge >= 0.3 is 0 Å². The highest BCUT2D eigenvalue weighted by Crippen LogP contribution is 2.29. The van der Waals surface area contributed by atoms with Crippen LogP contribution in [0, 0.1) is 0 Å². The fraction of sp³-hybridized carbons (Fsp3) is 0.286. The molecule has 28 heavy (non-hydrogen) atoms. The van der Waals surface area contributed by atoms with Crippen LogP contribution in [0.5, 0.6) is 5.75 Å². The van der Waals surface area contributed by atoms with E-state index in [1.165, 1.54) is 9.08 Å². The molecule has 3 aromatic rings. The quantitative estimate of drug-likeness (QED) is 0.457. The molecule has 0 unspecified atom stereocenters. The van der Waals surface area contributed by atoms with Crippen molar-refractivity contribution in [1.82, 2.24) is 19.5 Å². The lowest BCUT2D eigenvalue weighted by Crippen LogP contribution is -2.32. The molecule has 1 amide bonds. The Balaban J connectivity index is 1.91. The predicted octanol–water partition coefficient (Wildman–Crippen LogP) is 2.64. The molecule has 146 valence electrons. The number of unbranched alkanes of at least 4 members (excludes halogenated alkanes) is 1. The number of rotatable bonds is 9. The van der Waals surface area contributed by atoms with Crippen LogP contribution in [0.1, 0.15) is 19.8 Å². The minimum Gasteiger partial charge on any atom is -0.493 e. The highest BCUT2D eigenvalue weighted by Gasteiger charge is 2.13. The zero-order valence-corrected chi connectivity index (χ0v) is 15.9. The molecule has 7 nitrogen and oxygen atoms in total. The predicted molar refractivity (Wildman–Crippen MR) is 108 cm³/mol. The van der Waals surface area contributed by atoms with Crippen LogP contribution in [0.15, 0.2) is 60.2 Å². The number of benzene rings is 1. The van der Waals surface area contributed by atoms with E-state index in [1.54, 1.807) is 24.5 Å². The Morgan fingerprint density at radius 3 is 2.93 bits per heavy atom. The smallest absolute Gasteiger partial charge is 0.277 e. The number of amides is 1. The molecule has 0 aliphatic heterocycles. The molecule has 3 rings (SSSR count). The molecule has 1 N–H and O–H groups in total. The summed E-state index contributed by atoms with van der Waals surface area (Å²) >= 11 is 0. The Morgan fingerprint density at radius 2 is 2.14 bits per heavy atom. The van der Waals surface area contributed by atoms with Gasteiger partial charge in [-0.3, -0.25) is 9.59 Å². The van der Waals surface area contributed by atoms with Crippen molar-refractivity contribution in [2.24, 2.45) is 0 Å².